The third kappa shape index (κ3) is 6.23. The maximum absolute atomic E-state index is 12.3. The number of ether oxygens (including phenoxy) is 1. The van der Waals surface area contributed by atoms with Crippen molar-refractivity contribution >= 4 is 11.9 Å². The summed E-state index contributed by atoms with van der Waals surface area (Å²) >= 11 is 0. The Morgan fingerprint density at radius 3 is 2.62 bits per heavy atom. The van der Waals surface area contributed by atoms with Crippen LogP contribution in [0.5, 0.6) is 0 Å². The fraction of sp³-hybridized carbons (Fsp3) is 0.375. The monoisotopic (exact) mass is 291 g/mol. The molecule has 1 rings (SSSR count). The first-order valence-corrected chi connectivity index (χ1v) is 6.81. The predicted molar refractivity (Wildman–Crippen MR) is 79.7 cm³/mol. The number of aliphatic carboxylic acids is 1. The zero-order chi connectivity index (χ0) is 15.7. The van der Waals surface area contributed by atoms with E-state index in [2.05, 4.69) is 6.58 Å². The Labute approximate surface area is 124 Å². The van der Waals surface area contributed by atoms with E-state index >= 15 is 0 Å². The standard InChI is InChI=1S/C16H21NO4/c1-3-4-10-21-13(2)16(20)17(12-15(18)19)11-14-8-6-5-7-9-14/h3,5-9,13H,1,4,10-12H2,2H3,(H,18,19). The lowest BCUT2D eigenvalue weighted by Crippen LogP contribution is -2.41. The van der Waals surface area contributed by atoms with Crippen LogP contribution in [0.2, 0.25) is 0 Å². The number of amides is 1. The van der Waals surface area contributed by atoms with Crippen molar-refractivity contribution in [1.29, 1.82) is 0 Å². The van der Waals surface area contributed by atoms with Gasteiger partial charge in [0, 0.05) is 6.54 Å². The SMILES string of the molecule is C=CCCOC(C)C(=O)N(CC(=O)O)Cc1ccccc1. The van der Waals surface area contributed by atoms with Crippen LogP contribution < -0.4 is 0 Å². The Balaban J connectivity index is 2.69. The average Bonchev–Trinajstić information content (AvgIpc) is 2.46. The molecule has 1 atom stereocenters. The van der Waals surface area contributed by atoms with Crippen LogP contribution in [0.25, 0.3) is 0 Å². The van der Waals surface area contributed by atoms with Gasteiger partial charge in [-0.05, 0) is 18.9 Å². The zero-order valence-corrected chi connectivity index (χ0v) is 12.2. The lowest BCUT2D eigenvalue weighted by molar-refractivity contribution is -0.150. The highest BCUT2D eigenvalue weighted by atomic mass is 16.5. The van der Waals surface area contributed by atoms with Crippen LogP contribution in [0.4, 0.5) is 0 Å². The number of hydrogen-bond acceptors (Lipinski definition) is 3. The summed E-state index contributed by atoms with van der Waals surface area (Å²) < 4.78 is 5.39. The summed E-state index contributed by atoms with van der Waals surface area (Å²) in [7, 11) is 0. The van der Waals surface area contributed by atoms with E-state index in [0.29, 0.717) is 13.0 Å². The summed E-state index contributed by atoms with van der Waals surface area (Å²) in [5.74, 6) is -1.37. The molecule has 0 aliphatic heterocycles. The molecule has 0 saturated heterocycles. The van der Waals surface area contributed by atoms with Crippen molar-refractivity contribution < 1.29 is 19.4 Å². The Morgan fingerprint density at radius 1 is 1.38 bits per heavy atom. The fourth-order valence-electron chi connectivity index (χ4n) is 1.84. The Hall–Kier alpha value is -2.14. The minimum atomic E-state index is -1.04. The zero-order valence-electron chi connectivity index (χ0n) is 12.2. The molecule has 0 aliphatic carbocycles. The Morgan fingerprint density at radius 2 is 2.05 bits per heavy atom. The van der Waals surface area contributed by atoms with E-state index in [1.165, 1.54) is 4.90 Å². The predicted octanol–water partition coefficient (Wildman–Crippen LogP) is 2.08. The number of benzene rings is 1. The highest BCUT2D eigenvalue weighted by molar-refractivity contribution is 5.84. The van der Waals surface area contributed by atoms with Crippen LogP contribution in [-0.4, -0.2) is 41.1 Å². The van der Waals surface area contributed by atoms with Gasteiger partial charge >= 0.3 is 5.97 Å². The Kier molecular flexibility index (Phi) is 7.18. The first kappa shape index (κ1) is 16.9. The topological polar surface area (TPSA) is 66.8 Å². The van der Waals surface area contributed by atoms with Crippen LogP contribution in [0.15, 0.2) is 43.0 Å². The molecule has 0 bridgehead atoms. The van der Waals surface area contributed by atoms with E-state index < -0.39 is 12.1 Å². The maximum atomic E-state index is 12.3. The molecule has 0 aromatic heterocycles. The fourth-order valence-corrected chi connectivity index (χ4v) is 1.84. The first-order valence-electron chi connectivity index (χ1n) is 6.81. The molecule has 1 amide bonds. The van der Waals surface area contributed by atoms with Crippen molar-refractivity contribution in [2.24, 2.45) is 0 Å². The van der Waals surface area contributed by atoms with Crippen molar-refractivity contribution in [3.05, 3.63) is 48.6 Å². The van der Waals surface area contributed by atoms with Crippen molar-refractivity contribution in [1.82, 2.24) is 4.90 Å². The highest BCUT2D eigenvalue weighted by Gasteiger charge is 2.23. The van der Waals surface area contributed by atoms with Gasteiger partial charge in [-0.1, -0.05) is 36.4 Å². The molecule has 0 saturated carbocycles. The molecule has 1 aromatic rings. The molecule has 0 heterocycles. The number of hydrogen-bond donors (Lipinski definition) is 1. The van der Waals surface area contributed by atoms with Gasteiger partial charge < -0.3 is 14.7 Å². The van der Waals surface area contributed by atoms with Gasteiger partial charge in [-0.2, -0.15) is 0 Å². The molecule has 0 aliphatic rings. The number of carbonyl (C=O) groups is 2. The smallest absolute Gasteiger partial charge is 0.323 e. The van der Waals surface area contributed by atoms with Crippen molar-refractivity contribution in [2.45, 2.75) is 26.0 Å². The summed E-state index contributed by atoms with van der Waals surface area (Å²) in [5.41, 5.74) is 0.880. The summed E-state index contributed by atoms with van der Waals surface area (Å²) in [6.07, 6.45) is 1.68. The second-order valence-electron chi connectivity index (χ2n) is 4.66. The summed E-state index contributed by atoms with van der Waals surface area (Å²) in [6.45, 7) is 5.51. The van der Waals surface area contributed by atoms with Crippen LogP contribution in [0.1, 0.15) is 18.9 Å². The van der Waals surface area contributed by atoms with Crippen LogP contribution in [0.3, 0.4) is 0 Å². The van der Waals surface area contributed by atoms with Gasteiger partial charge in [0.05, 0.1) is 6.61 Å². The Bertz CT molecular complexity index is 472. The first-order chi connectivity index (χ1) is 10.0. The van der Waals surface area contributed by atoms with Crippen LogP contribution in [-0.2, 0) is 20.9 Å². The highest BCUT2D eigenvalue weighted by Crippen LogP contribution is 2.08. The van der Waals surface area contributed by atoms with Gasteiger partial charge in [-0.3, -0.25) is 9.59 Å². The molecule has 1 unspecified atom stereocenters. The summed E-state index contributed by atoms with van der Waals surface area (Å²) in [4.78, 5) is 24.5. The second kappa shape index (κ2) is 8.92. The van der Waals surface area contributed by atoms with E-state index in [0.717, 1.165) is 5.56 Å². The van der Waals surface area contributed by atoms with Crippen molar-refractivity contribution in [2.75, 3.05) is 13.2 Å². The van der Waals surface area contributed by atoms with Gasteiger partial charge in [0.2, 0.25) is 0 Å². The van der Waals surface area contributed by atoms with Gasteiger partial charge in [-0.25, -0.2) is 0 Å². The quantitative estimate of drug-likeness (QED) is 0.559. The molecule has 114 valence electrons. The third-order valence-electron chi connectivity index (χ3n) is 2.89. The molecule has 0 fully saturated rings. The van der Waals surface area contributed by atoms with Gasteiger partial charge in [0.15, 0.2) is 0 Å². The van der Waals surface area contributed by atoms with E-state index in [-0.39, 0.29) is 19.0 Å². The molecule has 5 nitrogen and oxygen atoms in total. The van der Waals surface area contributed by atoms with E-state index in [9.17, 15) is 9.59 Å². The normalized spacial score (nSPS) is 11.7. The van der Waals surface area contributed by atoms with E-state index in [4.69, 9.17) is 9.84 Å². The molecule has 5 heteroatoms. The minimum Gasteiger partial charge on any atom is -0.480 e. The molecule has 1 N–H and O–H groups in total. The lowest BCUT2D eigenvalue weighted by atomic mass is 10.2. The van der Waals surface area contributed by atoms with Crippen molar-refractivity contribution in [3.8, 4) is 0 Å². The number of nitrogens with zero attached hydrogens (tertiary/aromatic N) is 1. The van der Waals surface area contributed by atoms with Gasteiger partial charge in [0.25, 0.3) is 5.91 Å². The molecular weight excluding hydrogens is 270 g/mol. The second-order valence-corrected chi connectivity index (χ2v) is 4.66. The lowest BCUT2D eigenvalue weighted by Gasteiger charge is -2.24. The molecule has 21 heavy (non-hydrogen) atoms. The largest absolute Gasteiger partial charge is 0.480 e. The summed E-state index contributed by atoms with van der Waals surface area (Å²) in [5, 5.41) is 8.96. The molecule has 0 radical (unpaired) electrons. The number of carboxylic acid groups (broad SMARTS) is 1. The minimum absolute atomic E-state index is 0.251. The number of carboxylic acids is 1. The van der Waals surface area contributed by atoms with Crippen LogP contribution >= 0.6 is 0 Å². The number of carbonyl (C=O) groups excluding carboxylic acids is 1. The van der Waals surface area contributed by atoms with Gasteiger partial charge in [-0.15, -0.1) is 6.58 Å². The molecular formula is C16H21NO4. The van der Waals surface area contributed by atoms with Gasteiger partial charge in [0.1, 0.15) is 12.6 Å². The molecule has 1 aromatic carbocycles. The maximum Gasteiger partial charge on any atom is 0.323 e. The molecule has 0 spiro atoms. The third-order valence-corrected chi connectivity index (χ3v) is 2.89. The van der Waals surface area contributed by atoms with Crippen molar-refractivity contribution in [3.63, 3.8) is 0 Å². The van der Waals surface area contributed by atoms with E-state index in [1.54, 1.807) is 13.0 Å². The van der Waals surface area contributed by atoms with E-state index in [1.807, 2.05) is 30.3 Å². The average molecular weight is 291 g/mol. The van der Waals surface area contributed by atoms with Crippen LogP contribution in [0, 0.1) is 0 Å². The summed E-state index contributed by atoms with van der Waals surface area (Å²) in [6, 6.07) is 9.27. The number of rotatable bonds is 9.